The average Bonchev–Trinajstić information content (AvgIpc) is 2.88. The number of carbonyl (C=O) groups is 1. The number of nitrogens with one attached hydrogen (secondary N) is 2. The Labute approximate surface area is 195 Å². The van der Waals surface area contributed by atoms with Gasteiger partial charge in [0.2, 0.25) is 0 Å². The minimum atomic E-state index is -3.99. The van der Waals surface area contributed by atoms with Gasteiger partial charge < -0.3 is 0 Å². The van der Waals surface area contributed by atoms with Crippen LogP contribution < -0.4 is 10.2 Å². The van der Waals surface area contributed by atoms with Gasteiger partial charge in [-0.05, 0) is 48.5 Å². The lowest BCUT2D eigenvalue weighted by Crippen LogP contribution is -2.20. The molecule has 34 heavy (non-hydrogen) atoms. The van der Waals surface area contributed by atoms with Gasteiger partial charge in [-0.15, -0.1) is 0 Å². The highest BCUT2D eigenvalue weighted by Crippen LogP contribution is 2.23. The van der Waals surface area contributed by atoms with Gasteiger partial charge in [0, 0.05) is 47.0 Å². The van der Waals surface area contributed by atoms with Gasteiger partial charge in [-0.1, -0.05) is 24.0 Å². The first-order valence-corrected chi connectivity index (χ1v) is 11.3. The molecule has 0 radical (unpaired) electrons. The molecule has 9 nitrogen and oxygen atoms in total. The van der Waals surface area contributed by atoms with E-state index in [0.717, 1.165) is 11.1 Å². The van der Waals surface area contributed by atoms with Gasteiger partial charge >= 0.3 is 0 Å². The molecule has 1 amide bonds. The molecule has 1 aromatic carbocycles. The molecule has 4 aromatic rings. The van der Waals surface area contributed by atoms with Crippen LogP contribution in [0.5, 0.6) is 0 Å². The number of amides is 1. The zero-order chi connectivity index (χ0) is 24.0. The summed E-state index contributed by atoms with van der Waals surface area (Å²) in [6.07, 6.45) is 5.98. The number of sulfonamides is 1. The van der Waals surface area contributed by atoms with Crippen LogP contribution >= 0.6 is 0 Å². The van der Waals surface area contributed by atoms with E-state index in [4.69, 9.17) is 5.21 Å². The number of carbonyl (C=O) groups excluding carboxylic acids is 1. The SMILES string of the molecule is O=C(NO)c1cc(NS(=O)(=O)c2cccnc2)nc(-c2ccc(C#Cc3cccnc3)cc2)c1. The van der Waals surface area contributed by atoms with Crippen LogP contribution in [-0.2, 0) is 10.0 Å². The summed E-state index contributed by atoms with van der Waals surface area (Å²) in [6, 6.07) is 16.2. The molecule has 10 heteroatoms. The summed E-state index contributed by atoms with van der Waals surface area (Å²) in [6.45, 7) is 0. The maximum atomic E-state index is 12.7. The predicted molar refractivity (Wildman–Crippen MR) is 124 cm³/mol. The molecule has 3 heterocycles. The fourth-order valence-corrected chi connectivity index (χ4v) is 3.89. The fourth-order valence-electron chi connectivity index (χ4n) is 2.93. The van der Waals surface area contributed by atoms with E-state index in [0.29, 0.717) is 11.3 Å². The van der Waals surface area contributed by atoms with Gasteiger partial charge in [0.1, 0.15) is 10.7 Å². The van der Waals surface area contributed by atoms with Crippen molar-refractivity contribution < 1.29 is 18.4 Å². The number of pyridine rings is 3. The number of hydroxylamine groups is 1. The second-order valence-corrected chi connectivity index (χ2v) is 8.61. The third kappa shape index (κ3) is 5.42. The monoisotopic (exact) mass is 471 g/mol. The quantitative estimate of drug-likeness (QED) is 0.231. The molecule has 0 atom stereocenters. The number of aromatic nitrogens is 3. The summed E-state index contributed by atoms with van der Waals surface area (Å²) in [7, 11) is -3.99. The van der Waals surface area contributed by atoms with E-state index in [9.17, 15) is 13.2 Å². The molecule has 168 valence electrons. The van der Waals surface area contributed by atoms with Crippen molar-refractivity contribution >= 4 is 21.7 Å². The number of nitrogens with zero attached hydrogens (tertiary/aromatic N) is 3. The van der Waals surface area contributed by atoms with Crippen molar-refractivity contribution in [1.29, 1.82) is 0 Å². The van der Waals surface area contributed by atoms with Crippen molar-refractivity contribution in [2.45, 2.75) is 4.90 Å². The van der Waals surface area contributed by atoms with E-state index in [1.165, 1.54) is 36.7 Å². The maximum absolute atomic E-state index is 12.7. The Hall–Kier alpha value is -4.59. The van der Waals surface area contributed by atoms with Crippen LogP contribution in [0.25, 0.3) is 11.3 Å². The van der Waals surface area contributed by atoms with Crippen LogP contribution in [-0.4, -0.2) is 34.5 Å². The highest BCUT2D eigenvalue weighted by molar-refractivity contribution is 7.92. The fraction of sp³-hybridized carbons (Fsp3) is 0. The van der Waals surface area contributed by atoms with Crippen LogP contribution in [0.15, 0.2) is 90.3 Å². The van der Waals surface area contributed by atoms with Gasteiger partial charge in [0.15, 0.2) is 0 Å². The summed E-state index contributed by atoms with van der Waals surface area (Å²) in [4.78, 5) is 24.2. The lowest BCUT2D eigenvalue weighted by Gasteiger charge is -2.11. The van der Waals surface area contributed by atoms with Crippen molar-refractivity contribution in [3.8, 4) is 23.1 Å². The highest BCUT2D eigenvalue weighted by atomic mass is 32.2. The molecule has 0 fully saturated rings. The molecule has 0 bridgehead atoms. The Morgan fingerprint density at radius 1 is 0.882 bits per heavy atom. The summed E-state index contributed by atoms with van der Waals surface area (Å²) < 4.78 is 27.7. The largest absolute Gasteiger partial charge is 0.288 e. The smallest absolute Gasteiger partial charge is 0.274 e. The van der Waals surface area contributed by atoms with Crippen LogP contribution in [0, 0.1) is 11.8 Å². The summed E-state index contributed by atoms with van der Waals surface area (Å²) >= 11 is 0. The van der Waals surface area contributed by atoms with Crippen molar-refractivity contribution in [3.05, 3.63) is 102 Å². The molecule has 0 aliphatic rings. The second kappa shape index (κ2) is 9.91. The van der Waals surface area contributed by atoms with Gasteiger partial charge in [0.25, 0.3) is 15.9 Å². The number of anilines is 1. The number of hydrogen-bond donors (Lipinski definition) is 3. The van der Waals surface area contributed by atoms with Crippen molar-refractivity contribution in [2.75, 3.05) is 4.72 Å². The van der Waals surface area contributed by atoms with Gasteiger partial charge in [-0.3, -0.25) is 24.7 Å². The van der Waals surface area contributed by atoms with E-state index >= 15 is 0 Å². The first-order valence-electron chi connectivity index (χ1n) is 9.86. The topological polar surface area (TPSA) is 134 Å². The predicted octanol–water partition coefficient (Wildman–Crippen LogP) is 2.86. The minimum Gasteiger partial charge on any atom is -0.288 e. The highest BCUT2D eigenvalue weighted by Gasteiger charge is 2.18. The third-order valence-corrected chi connectivity index (χ3v) is 5.91. The van der Waals surface area contributed by atoms with E-state index < -0.39 is 15.9 Å². The number of hydrogen-bond acceptors (Lipinski definition) is 7. The Kier molecular flexibility index (Phi) is 6.59. The summed E-state index contributed by atoms with van der Waals surface area (Å²) in [5.41, 5.74) is 4.01. The van der Waals surface area contributed by atoms with Crippen LogP contribution in [0.1, 0.15) is 21.5 Å². The van der Waals surface area contributed by atoms with E-state index in [1.807, 2.05) is 6.07 Å². The van der Waals surface area contributed by atoms with Crippen molar-refractivity contribution in [3.63, 3.8) is 0 Å². The third-order valence-electron chi connectivity index (χ3n) is 4.57. The van der Waals surface area contributed by atoms with Crippen molar-refractivity contribution in [1.82, 2.24) is 20.4 Å². The molecule has 0 unspecified atom stereocenters. The summed E-state index contributed by atoms with van der Waals surface area (Å²) in [5.74, 6) is 5.13. The second-order valence-electron chi connectivity index (χ2n) is 6.93. The molecule has 3 N–H and O–H groups in total. The van der Waals surface area contributed by atoms with Crippen molar-refractivity contribution in [2.24, 2.45) is 0 Å². The molecule has 0 saturated carbocycles. The summed E-state index contributed by atoms with van der Waals surface area (Å²) in [5, 5.41) is 9.05. The first kappa shape index (κ1) is 22.6. The molecule has 0 aliphatic carbocycles. The Balaban J connectivity index is 1.66. The molecule has 0 saturated heterocycles. The molecule has 3 aromatic heterocycles. The van der Waals surface area contributed by atoms with Gasteiger partial charge in [-0.2, -0.15) is 0 Å². The number of rotatable bonds is 5. The van der Waals surface area contributed by atoms with E-state index in [1.54, 1.807) is 48.2 Å². The zero-order valence-corrected chi connectivity index (χ0v) is 18.3. The van der Waals surface area contributed by atoms with Gasteiger partial charge in [-0.25, -0.2) is 18.9 Å². The average molecular weight is 471 g/mol. The minimum absolute atomic E-state index is 0.0110. The maximum Gasteiger partial charge on any atom is 0.274 e. The molecule has 0 spiro atoms. The Morgan fingerprint density at radius 2 is 1.59 bits per heavy atom. The van der Waals surface area contributed by atoms with Gasteiger partial charge in [0.05, 0.1) is 5.69 Å². The normalized spacial score (nSPS) is 10.6. The van der Waals surface area contributed by atoms with E-state index in [2.05, 4.69) is 31.5 Å². The number of benzene rings is 1. The van der Waals surface area contributed by atoms with Crippen LogP contribution in [0.4, 0.5) is 5.82 Å². The standard InChI is InChI=1S/C24H17N5O4S/c30-24(28-31)20-13-22(27-23(14-20)29-34(32,33)21-4-2-12-26-16-21)19-9-7-17(8-10-19)5-6-18-3-1-11-25-15-18/h1-4,7-16,31H,(H,27,29)(H,28,30). The van der Waals surface area contributed by atoms with E-state index in [-0.39, 0.29) is 16.3 Å². The lowest BCUT2D eigenvalue weighted by molar-refractivity contribution is 0.0706. The first-order chi connectivity index (χ1) is 16.4. The molecule has 0 aliphatic heterocycles. The van der Waals surface area contributed by atoms with Crippen LogP contribution in [0.2, 0.25) is 0 Å². The lowest BCUT2D eigenvalue weighted by atomic mass is 10.1. The molecular weight excluding hydrogens is 454 g/mol. The molecular formula is C24H17N5O4S. The molecule has 4 rings (SSSR count). The Bertz CT molecular complexity index is 1480. The zero-order valence-electron chi connectivity index (χ0n) is 17.5. The Morgan fingerprint density at radius 3 is 2.24 bits per heavy atom. The van der Waals surface area contributed by atoms with Crippen LogP contribution in [0.3, 0.4) is 0 Å².